The number of benzene rings is 3. The van der Waals surface area contributed by atoms with E-state index in [0.717, 1.165) is 5.56 Å². The van der Waals surface area contributed by atoms with E-state index in [2.05, 4.69) is 10.2 Å². The van der Waals surface area contributed by atoms with Crippen molar-refractivity contribution in [1.82, 2.24) is 10.2 Å². The first kappa shape index (κ1) is 22.4. The molecule has 168 valence electrons. The van der Waals surface area contributed by atoms with Gasteiger partial charge in [-0.05, 0) is 66.8 Å². The van der Waals surface area contributed by atoms with E-state index >= 15 is 0 Å². The Kier molecular flexibility index (Phi) is 6.07. The number of nitrogens with two attached hydrogens (primary N) is 1. The number of carboxylic acids is 1. The molecule has 7 heteroatoms. The van der Waals surface area contributed by atoms with Crippen molar-refractivity contribution in [1.29, 1.82) is 0 Å². The van der Waals surface area contributed by atoms with Crippen LogP contribution in [0.15, 0.2) is 71.1 Å². The molecule has 3 aromatic carbocycles. The van der Waals surface area contributed by atoms with E-state index < -0.39 is 11.4 Å². The number of nitrogens with zero attached hydrogens (tertiary/aromatic N) is 2. The molecule has 0 spiro atoms. The molecule has 6 nitrogen and oxygen atoms in total. The van der Waals surface area contributed by atoms with Crippen LogP contribution in [0.5, 0.6) is 0 Å². The van der Waals surface area contributed by atoms with Crippen molar-refractivity contribution in [3.05, 3.63) is 95.1 Å². The Balaban J connectivity index is 1.76. The Labute approximate surface area is 190 Å². The quantitative estimate of drug-likeness (QED) is 0.415. The van der Waals surface area contributed by atoms with Crippen LogP contribution in [0.2, 0.25) is 0 Å². The Morgan fingerprint density at radius 2 is 1.79 bits per heavy atom. The van der Waals surface area contributed by atoms with Crippen LogP contribution in [0.3, 0.4) is 0 Å². The molecule has 33 heavy (non-hydrogen) atoms. The van der Waals surface area contributed by atoms with Crippen molar-refractivity contribution in [2.75, 3.05) is 6.54 Å². The standard InChI is InChI=1S/C26H24FN3O3/c1-16-21(9-6-10-22(16)27)18-11-19(13-20(12-18)24(31)32)23-29-30-25(33-23)26(2,15-28)14-17-7-4-3-5-8-17/h3-13H,14-15,28H2,1-2H3,(H,31,32)/t26-/m0/s1. The normalized spacial score (nSPS) is 13.0. The predicted molar refractivity (Wildman–Crippen MR) is 123 cm³/mol. The molecule has 4 aromatic rings. The van der Waals surface area contributed by atoms with Gasteiger partial charge in [0.25, 0.3) is 0 Å². The van der Waals surface area contributed by atoms with Gasteiger partial charge in [0.1, 0.15) is 5.82 Å². The van der Waals surface area contributed by atoms with Crippen molar-refractivity contribution in [3.8, 4) is 22.6 Å². The molecule has 0 saturated carbocycles. The number of carboxylic acid groups (broad SMARTS) is 1. The summed E-state index contributed by atoms with van der Waals surface area (Å²) >= 11 is 0. The summed E-state index contributed by atoms with van der Waals surface area (Å²) in [6.07, 6.45) is 0.606. The number of carbonyl (C=O) groups is 1. The van der Waals surface area contributed by atoms with Crippen LogP contribution < -0.4 is 5.73 Å². The molecule has 0 aliphatic heterocycles. The topological polar surface area (TPSA) is 102 Å². The minimum atomic E-state index is -1.11. The number of aromatic nitrogens is 2. The zero-order valence-corrected chi connectivity index (χ0v) is 18.4. The molecule has 3 N–H and O–H groups in total. The van der Waals surface area contributed by atoms with Gasteiger partial charge < -0.3 is 15.3 Å². The molecule has 4 rings (SSSR count). The predicted octanol–water partition coefficient (Wildman–Crippen LogP) is 5.01. The fraction of sp³-hybridized carbons (Fsp3) is 0.192. The summed E-state index contributed by atoms with van der Waals surface area (Å²) in [5.74, 6) is -0.929. The van der Waals surface area contributed by atoms with Crippen LogP contribution >= 0.6 is 0 Å². The fourth-order valence-electron chi connectivity index (χ4n) is 3.82. The van der Waals surface area contributed by atoms with Crippen LogP contribution in [0.25, 0.3) is 22.6 Å². The maximum atomic E-state index is 14.1. The van der Waals surface area contributed by atoms with E-state index in [1.165, 1.54) is 18.2 Å². The number of aromatic carboxylic acids is 1. The average molecular weight is 445 g/mol. The largest absolute Gasteiger partial charge is 0.478 e. The summed E-state index contributed by atoms with van der Waals surface area (Å²) < 4.78 is 20.1. The highest BCUT2D eigenvalue weighted by molar-refractivity contribution is 5.91. The highest BCUT2D eigenvalue weighted by Crippen LogP contribution is 2.33. The van der Waals surface area contributed by atoms with Gasteiger partial charge in [-0.2, -0.15) is 0 Å². The minimum absolute atomic E-state index is 0.0387. The Morgan fingerprint density at radius 3 is 2.48 bits per heavy atom. The second kappa shape index (κ2) is 8.96. The molecular formula is C26H24FN3O3. The van der Waals surface area contributed by atoms with Gasteiger partial charge in [0.2, 0.25) is 11.8 Å². The van der Waals surface area contributed by atoms with Gasteiger partial charge >= 0.3 is 5.97 Å². The van der Waals surface area contributed by atoms with Crippen molar-refractivity contribution in [2.45, 2.75) is 25.7 Å². The molecule has 1 heterocycles. The van der Waals surface area contributed by atoms with Crippen molar-refractivity contribution >= 4 is 5.97 Å². The second-order valence-corrected chi connectivity index (χ2v) is 8.36. The summed E-state index contributed by atoms with van der Waals surface area (Å²) in [6.45, 7) is 3.89. The third-order valence-corrected chi connectivity index (χ3v) is 5.83. The van der Waals surface area contributed by atoms with Gasteiger partial charge in [0.05, 0.1) is 11.0 Å². The third kappa shape index (κ3) is 4.54. The third-order valence-electron chi connectivity index (χ3n) is 5.83. The highest BCUT2D eigenvalue weighted by Gasteiger charge is 2.32. The van der Waals surface area contributed by atoms with Gasteiger partial charge in [0.15, 0.2) is 0 Å². The molecule has 0 aliphatic rings. The number of rotatable bonds is 7. The van der Waals surface area contributed by atoms with E-state index in [1.807, 2.05) is 37.3 Å². The molecule has 0 bridgehead atoms. The first-order valence-corrected chi connectivity index (χ1v) is 10.5. The zero-order chi connectivity index (χ0) is 23.6. The lowest BCUT2D eigenvalue weighted by atomic mass is 9.83. The molecule has 0 fully saturated rings. The average Bonchev–Trinajstić information content (AvgIpc) is 3.32. The summed E-state index contributed by atoms with van der Waals surface area (Å²) in [5.41, 5.74) is 8.62. The summed E-state index contributed by atoms with van der Waals surface area (Å²) in [5, 5.41) is 18.0. The van der Waals surface area contributed by atoms with Crippen molar-refractivity contribution < 1.29 is 18.7 Å². The summed E-state index contributed by atoms with van der Waals surface area (Å²) in [4.78, 5) is 11.8. The van der Waals surface area contributed by atoms with Crippen molar-refractivity contribution in [3.63, 3.8) is 0 Å². The number of hydrogen-bond acceptors (Lipinski definition) is 5. The SMILES string of the molecule is Cc1c(F)cccc1-c1cc(C(=O)O)cc(-c2nnc([C@](C)(CN)Cc3ccccc3)o2)c1. The van der Waals surface area contributed by atoms with Crippen LogP contribution in [0, 0.1) is 12.7 Å². The first-order valence-electron chi connectivity index (χ1n) is 10.5. The van der Waals surface area contributed by atoms with Gasteiger partial charge in [-0.25, -0.2) is 9.18 Å². The maximum Gasteiger partial charge on any atom is 0.335 e. The van der Waals surface area contributed by atoms with Crippen LogP contribution in [0.1, 0.15) is 34.3 Å². The van der Waals surface area contributed by atoms with Gasteiger partial charge in [-0.1, -0.05) is 42.5 Å². The summed E-state index contributed by atoms with van der Waals surface area (Å²) in [6, 6.07) is 19.3. The van der Waals surface area contributed by atoms with Crippen LogP contribution in [-0.2, 0) is 11.8 Å². The highest BCUT2D eigenvalue weighted by atomic mass is 19.1. The lowest BCUT2D eigenvalue weighted by Gasteiger charge is -2.23. The van der Waals surface area contributed by atoms with E-state index in [-0.39, 0.29) is 23.8 Å². The lowest BCUT2D eigenvalue weighted by Crippen LogP contribution is -2.34. The summed E-state index contributed by atoms with van der Waals surface area (Å²) in [7, 11) is 0. The van der Waals surface area contributed by atoms with E-state index in [4.69, 9.17) is 10.2 Å². The Hall–Kier alpha value is -3.84. The smallest absolute Gasteiger partial charge is 0.335 e. The molecule has 1 aromatic heterocycles. The van der Waals surface area contributed by atoms with Gasteiger partial charge in [-0.3, -0.25) is 0 Å². The first-order chi connectivity index (χ1) is 15.8. The van der Waals surface area contributed by atoms with Gasteiger partial charge in [0, 0.05) is 12.1 Å². The van der Waals surface area contributed by atoms with E-state index in [0.29, 0.717) is 34.6 Å². The Bertz CT molecular complexity index is 1300. The molecule has 0 aliphatic carbocycles. The zero-order valence-electron chi connectivity index (χ0n) is 18.4. The number of halogens is 1. The van der Waals surface area contributed by atoms with Crippen LogP contribution in [0.4, 0.5) is 4.39 Å². The monoisotopic (exact) mass is 445 g/mol. The molecule has 0 saturated heterocycles. The molecule has 0 amide bonds. The number of hydrogen-bond donors (Lipinski definition) is 2. The molecule has 1 atom stereocenters. The molecular weight excluding hydrogens is 421 g/mol. The minimum Gasteiger partial charge on any atom is -0.478 e. The van der Waals surface area contributed by atoms with Crippen LogP contribution in [-0.4, -0.2) is 27.8 Å². The van der Waals surface area contributed by atoms with E-state index in [1.54, 1.807) is 25.1 Å². The van der Waals surface area contributed by atoms with Crippen molar-refractivity contribution in [2.24, 2.45) is 5.73 Å². The maximum absolute atomic E-state index is 14.1. The Morgan fingerprint density at radius 1 is 1.06 bits per heavy atom. The second-order valence-electron chi connectivity index (χ2n) is 8.36. The lowest BCUT2D eigenvalue weighted by molar-refractivity contribution is 0.0697. The molecule has 0 radical (unpaired) electrons. The van der Waals surface area contributed by atoms with Gasteiger partial charge in [-0.15, -0.1) is 10.2 Å². The fourth-order valence-corrected chi connectivity index (χ4v) is 3.82. The van der Waals surface area contributed by atoms with E-state index in [9.17, 15) is 14.3 Å². The molecule has 0 unspecified atom stereocenters.